The average molecular weight is 1250 g/mol. The van der Waals surface area contributed by atoms with Crippen LogP contribution < -0.4 is 0 Å². The Morgan fingerprint density at radius 3 is 1.35 bits per heavy atom. The summed E-state index contributed by atoms with van der Waals surface area (Å²) in [5, 5.41) is 9.46. The lowest BCUT2D eigenvalue weighted by atomic mass is 9.62. The number of carbonyl (C=O) groups excluding carboxylic acids is 6. The molecule has 0 radical (unpaired) electrons. The van der Waals surface area contributed by atoms with Gasteiger partial charge in [0.1, 0.15) is 11.2 Å². The number of ether oxygens (including phenoxy) is 8. The molecule has 2 saturated heterocycles. The zero-order valence-electron chi connectivity index (χ0n) is 56.7. The van der Waals surface area contributed by atoms with Gasteiger partial charge in [-0.2, -0.15) is 0 Å². The molecular weight excluding hydrogens is 1130 g/mol. The standard InChI is InChI=1S/C20H30O3.C19H28O6.C19H30O2.C15H24O5/c1-10-11(2)14-9-13(10)18-12-7-15(19(14)18)16(8-12)20(21)23-17-5-3-4-6-22-17;1-9-10(2)12-8-11(9)14(15(12)18(22)25-19(3,4)5)17(21)24-13-6-7-23-16(13)20;1-9-10(2)13-8-12(9)16-11-6-14(17(13)16)15(7-11)18(20)21-19(3,4)5;1-5-19-9(4)20-15(18)13-11-6-10(7(2)8(11)3)12(13)14(16)17/h10-19H,3-9H2,1-2H3;9-15H,6-8H2,1-5H3;9-17H,6-8H2,1-5H3;7-13H,5-6H2,1-4H3,(H,16,17). The maximum absolute atomic E-state index is 12.8. The number of aliphatic carboxylic acids is 1. The highest BCUT2D eigenvalue weighted by Crippen LogP contribution is 2.73. The van der Waals surface area contributed by atoms with Gasteiger partial charge in [0.25, 0.3) is 0 Å². The SMILES string of the molecule is CC1C(C)C2CC1C(C(=O)OC1CCOC1=O)C2C(=O)OC(C)(C)C.CC1C(C)C2CC1C1C3CC(C(=O)OC(C)(C)C)C(C3)C21.CC1C(C)C2CC1C1C3CC(C(=O)OC4CCCCO4)C(C3)C21.CCOC(C)OC(=O)C1C2CC(C(C)C2C)C1C(=O)O. The van der Waals surface area contributed by atoms with Gasteiger partial charge in [0.05, 0.1) is 48.7 Å². The lowest BCUT2D eigenvalue weighted by molar-refractivity contribution is -0.194. The van der Waals surface area contributed by atoms with Gasteiger partial charge in [-0.3, -0.25) is 28.8 Å². The molecule has 0 spiro atoms. The van der Waals surface area contributed by atoms with Crippen LogP contribution in [0.2, 0.25) is 0 Å². The summed E-state index contributed by atoms with van der Waals surface area (Å²) >= 11 is 0. The highest BCUT2D eigenvalue weighted by atomic mass is 16.7. The molecule has 12 saturated carbocycles. The maximum atomic E-state index is 12.8. The fourth-order valence-corrected chi connectivity index (χ4v) is 23.4. The molecule has 0 amide bonds. The third-order valence-electron chi connectivity index (χ3n) is 27.5. The number of carboxylic acid groups (broad SMARTS) is 1. The topological polar surface area (TPSA) is 214 Å². The summed E-state index contributed by atoms with van der Waals surface area (Å²) in [7, 11) is 0. The Labute approximate surface area is 531 Å². The Bertz CT molecular complexity index is 2630. The third-order valence-corrected chi connectivity index (χ3v) is 27.5. The minimum absolute atomic E-state index is 0.0614. The largest absolute Gasteiger partial charge is 0.481 e. The number of rotatable bonds is 11. The summed E-state index contributed by atoms with van der Waals surface area (Å²) in [6.45, 7) is 34.8. The Morgan fingerprint density at radius 1 is 0.483 bits per heavy atom. The third kappa shape index (κ3) is 12.3. The van der Waals surface area contributed by atoms with Gasteiger partial charge in [-0.15, -0.1) is 0 Å². The van der Waals surface area contributed by atoms with Crippen LogP contribution in [0.25, 0.3) is 0 Å². The highest BCUT2D eigenvalue weighted by molar-refractivity contribution is 5.87. The number of hydrogen-bond donors (Lipinski definition) is 1. The number of esters is 6. The summed E-state index contributed by atoms with van der Waals surface area (Å²) in [5.41, 5.74) is -0.938. The first-order valence-electron chi connectivity index (χ1n) is 35.6. The van der Waals surface area contributed by atoms with Crippen LogP contribution in [0.1, 0.15) is 188 Å². The number of fused-ring (bicyclic) bond motifs is 22. The molecule has 12 bridgehead atoms. The zero-order chi connectivity index (χ0) is 64.4. The lowest BCUT2D eigenvalue weighted by Crippen LogP contribution is -2.44. The van der Waals surface area contributed by atoms with E-state index in [1.807, 2.05) is 48.5 Å². The number of carboxylic acids is 1. The molecule has 0 aromatic rings. The molecule has 14 rings (SSSR count). The molecule has 12 aliphatic carbocycles. The van der Waals surface area contributed by atoms with Gasteiger partial charge in [0.15, 0.2) is 6.29 Å². The van der Waals surface area contributed by atoms with Crippen LogP contribution >= 0.6 is 0 Å². The van der Waals surface area contributed by atoms with Crippen molar-refractivity contribution in [3.05, 3.63) is 0 Å². The average Bonchev–Trinajstić information content (AvgIpc) is 1.58. The first kappa shape index (κ1) is 66.7. The summed E-state index contributed by atoms with van der Waals surface area (Å²) in [5.74, 6) is 11.4. The zero-order valence-corrected chi connectivity index (χ0v) is 56.7. The molecule has 16 nitrogen and oxygen atoms in total. The number of cyclic esters (lactones) is 1. The van der Waals surface area contributed by atoms with E-state index < -0.39 is 65.5 Å². The molecule has 14 fully saturated rings. The van der Waals surface area contributed by atoms with E-state index in [-0.39, 0.29) is 71.9 Å². The van der Waals surface area contributed by atoms with Crippen molar-refractivity contribution >= 4 is 41.8 Å². The molecule has 0 aromatic heterocycles. The first-order valence-corrected chi connectivity index (χ1v) is 35.6. The monoisotopic (exact) mass is 1240 g/mol. The summed E-state index contributed by atoms with van der Waals surface area (Å²) in [4.78, 5) is 86.4. The van der Waals surface area contributed by atoms with Crippen molar-refractivity contribution in [3.8, 4) is 0 Å². The molecule has 33 unspecified atom stereocenters. The Balaban J connectivity index is 0.000000123. The van der Waals surface area contributed by atoms with E-state index in [1.54, 1.807) is 6.92 Å². The van der Waals surface area contributed by atoms with E-state index in [0.717, 1.165) is 134 Å². The van der Waals surface area contributed by atoms with Gasteiger partial charge < -0.3 is 43.0 Å². The van der Waals surface area contributed by atoms with E-state index in [9.17, 15) is 38.7 Å². The Hall–Kier alpha value is -3.79. The number of hydrogen-bond acceptors (Lipinski definition) is 15. The van der Waals surface area contributed by atoms with Gasteiger partial charge in [-0.1, -0.05) is 55.4 Å². The lowest BCUT2D eigenvalue weighted by Gasteiger charge is -2.43. The Morgan fingerprint density at radius 2 is 0.910 bits per heavy atom. The van der Waals surface area contributed by atoms with Gasteiger partial charge in [-0.05, 0) is 262 Å². The van der Waals surface area contributed by atoms with Crippen molar-refractivity contribution in [1.29, 1.82) is 0 Å². The van der Waals surface area contributed by atoms with E-state index in [0.29, 0.717) is 48.5 Å². The molecule has 2 aliphatic heterocycles. The molecule has 16 heteroatoms. The number of carbonyl (C=O) groups is 7. The van der Waals surface area contributed by atoms with E-state index >= 15 is 0 Å². The quantitative estimate of drug-likeness (QED) is 0.0881. The van der Waals surface area contributed by atoms with Crippen molar-refractivity contribution < 1.29 is 76.6 Å². The predicted octanol–water partition coefficient (Wildman–Crippen LogP) is 12.5. The van der Waals surface area contributed by atoms with Crippen molar-refractivity contribution in [1.82, 2.24) is 0 Å². The molecule has 500 valence electrons. The van der Waals surface area contributed by atoms with Crippen molar-refractivity contribution in [2.45, 2.75) is 218 Å². The maximum Gasteiger partial charge on any atom is 0.347 e. The van der Waals surface area contributed by atoms with Gasteiger partial charge in [0.2, 0.25) is 12.4 Å². The second kappa shape index (κ2) is 25.5. The molecule has 2 heterocycles. The van der Waals surface area contributed by atoms with Gasteiger partial charge in [0, 0.05) is 19.4 Å². The minimum atomic E-state index is -0.873. The van der Waals surface area contributed by atoms with Crippen molar-refractivity contribution in [3.63, 3.8) is 0 Å². The second-order valence-electron chi connectivity index (χ2n) is 33.5. The predicted molar refractivity (Wildman–Crippen MR) is 329 cm³/mol. The summed E-state index contributed by atoms with van der Waals surface area (Å²) < 4.78 is 43.4. The molecule has 0 aromatic carbocycles. The Kier molecular flexibility index (Phi) is 19.1. The van der Waals surface area contributed by atoms with Gasteiger partial charge >= 0.3 is 41.8 Å². The van der Waals surface area contributed by atoms with E-state index in [4.69, 9.17) is 37.9 Å². The van der Waals surface area contributed by atoms with Crippen LogP contribution in [0.3, 0.4) is 0 Å². The summed E-state index contributed by atoms with van der Waals surface area (Å²) in [6.07, 6.45) is 11.2. The van der Waals surface area contributed by atoms with Crippen molar-refractivity contribution in [2.24, 2.45) is 178 Å². The molecule has 14 aliphatic rings. The van der Waals surface area contributed by atoms with Crippen LogP contribution in [0, 0.1) is 178 Å². The molecule has 33 atom stereocenters. The van der Waals surface area contributed by atoms with E-state index in [1.165, 1.54) is 25.7 Å². The fourth-order valence-electron chi connectivity index (χ4n) is 23.4. The summed E-state index contributed by atoms with van der Waals surface area (Å²) in [6, 6.07) is 0. The second-order valence-corrected chi connectivity index (χ2v) is 33.5. The molecular formula is C73H112O16. The van der Waals surface area contributed by atoms with Crippen LogP contribution in [-0.4, -0.2) is 96.6 Å². The molecule has 89 heavy (non-hydrogen) atoms. The minimum Gasteiger partial charge on any atom is -0.481 e. The fraction of sp³-hybridized carbons (Fsp3) is 0.904. The smallest absolute Gasteiger partial charge is 0.347 e. The molecule has 1 N–H and O–H groups in total. The van der Waals surface area contributed by atoms with E-state index in [2.05, 4.69) is 55.4 Å². The van der Waals surface area contributed by atoms with Crippen LogP contribution in [0.5, 0.6) is 0 Å². The normalized spacial score (nSPS) is 47.8. The van der Waals surface area contributed by atoms with Crippen LogP contribution in [0.4, 0.5) is 0 Å². The van der Waals surface area contributed by atoms with Crippen LogP contribution in [-0.2, 0) is 71.5 Å². The van der Waals surface area contributed by atoms with Crippen molar-refractivity contribution in [2.75, 3.05) is 19.8 Å². The van der Waals surface area contributed by atoms with Gasteiger partial charge in [-0.25, -0.2) is 4.79 Å². The van der Waals surface area contributed by atoms with Crippen LogP contribution in [0.15, 0.2) is 0 Å². The first-order chi connectivity index (χ1) is 41.9. The highest BCUT2D eigenvalue weighted by Gasteiger charge is 2.69.